The average Bonchev–Trinajstić information content (AvgIpc) is 3.29. The Bertz CT molecular complexity index is 653. The third-order valence-corrected chi connectivity index (χ3v) is 7.31. The molecule has 0 aromatic carbocycles. The Kier molecular flexibility index (Phi) is 3.98. The minimum atomic E-state index is -3.72. The van der Waals surface area contributed by atoms with Gasteiger partial charge in [-0.3, -0.25) is 10.1 Å². The summed E-state index contributed by atoms with van der Waals surface area (Å²) in [5.74, 6) is 1.69. The highest BCUT2D eigenvalue weighted by Gasteiger charge is 2.41. The summed E-state index contributed by atoms with van der Waals surface area (Å²) in [4.78, 5) is 10.1. The van der Waals surface area contributed by atoms with Crippen LogP contribution in [0.4, 0.5) is 5.69 Å². The SMILES string of the molecule is O=[N+]([O-])c1cc(S(=O)(=O)NCC(C2CC2)C2CC2)sc1Cl. The maximum atomic E-state index is 12.2. The summed E-state index contributed by atoms with van der Waals surface area (Å²) in [7, 11) is -3.72. The molecule has 0 bridgehead atoms. The molecule has 2 saturated carbocycles. The molecule has 1 N–H and O–H groups in total. The zero-order chi connectivity index (χ0) is 15.2. The number of sulfonamides is 1. The van der Waals surface area contributed by atoms with Crippen molar-refractivity contribution in [2.75, 3.05) is 6.54 Å². The van der Waals surface area contributed by atoms with Crippen LogP contribution in [0.25, 0.3) is 0 Å². The van der Waals surface area contributed by atoms with Gasteiger partial charge in [0.25, 0.3) is 5.69 Å². The first-order chi connectivity index (χ1) is 9.88. The summed E-state index contributed by atoms with van der Waals surface area (Å²) in [6, 6.07) is 1.03. The number of thiophene rings is 1. The molecule has 0 radical (unpaired) electrons. The number of hydrogen-bond donors (Lipinski definition) is 1. The van der Waals surface area contributed by atoms with Crippen LogP contribution in [0.3, 0.4) is 0 Å². The van der Waals surface area contributed by atoms with E-state index >= 15 is 0 Å². The molecule has 0 aliphatic heterocycles. The molecule has 1 aromatic heterocycles. The number of hydrogen-bond acceptors (Lipinski definition) is 5. The molecule has 1 heterocycles. The number of nitrogens with zero attached hydrogens (tertiary/aromatic N) is 1. The van der Waals surface area contributed by atoms with Crippen molar-refractivity contribution < 1.29 is 13.3 Å². The Morgan fingerprint density at radius 2 is 1.95 bits per heavy atom. The van der Waals surface area contributed by atoms with Crippen LogP contribution in [-0.2, 0) is 10.0 Å². The van der Waals surface area contributed by atoms with Crippen molar-refractivity contribution in [3.8, 4) is 0 Å². The van der Waals surface area contributed by atoms with E-state index in [-0.39, 0.29) is 14.2 Å². The third kappa shape index (κ3) is 3.39. The van der Waals surface area contributed by atoms with Gasteiger partial charge in [0.2, 0.25) is 10.0 Å². The molecule has 2 aliphatic carbocycles. The molecule has 6 nitrogen and oxygen atoms in total. The van der Waals surface area contributed by atoms with E-state index in [1.807, 2.05) is 0 Å². The minimum Gasteiger partial charge on any atom is -0.258 e. The van der Waals surface area contributed by atoms with Crippen molar-refractivity contribution in [1.29, 1.82) is 0 Å². The molecule has 0 spiro atoms. The smallest absolute Gasteiger partial charge is 0.258 e. The second kappa shape index (κ2) is 5.49. The monoisotopic (exact) mass is 350 g/mol. The summed E-state index contributed by atoms with van der Waals surface area (Å²) in [5, 5.41) is 10.7. The molecule has 9 heteroatoms. The van der Waals surface area contributed by atoms with Crippen molar-refractivity contribution in [3.63, 3.8) is 0 Å². The molecule has 0 amide bonds. The number of rotatable bonds is 7. The van der Waals surface area contributed by atoms with Gasteiger partial charge in [-0.2, -0.15) is 0 Å². The van der Waals surface area contributed by atoms with Gasteiger partial charge in [-0.25, -0.2) is 13.1 Å². The van der Waals surface area contributed by atoms with Gasteiger partial charge in [0.15, 0.2) is 4.34 Å². The van der Waals surface area contributed by atoms with Gasteiger partial charge in [0.1, 0.15) is 4.21 Å². The molecule has 2 aliphatic rings. The van der Waals surface area contributed by atoms with Crippen LogP contribution < -0.4 is 4.72 Å². The maximum absolute atomic E-state index is 12.2. The van der Waals surface area contributed by atoms with Crippen molar-refractivity contribution >= 4 is 38.6 Å². The fourth-order valence-electron chi connectivity index (χ4n) is 2.64. The van der Waals surface area contributed by atoms with Crippen molar-refractivity contribution in [2.45, 2.75) is 29.9 Å². The molecule has 0 atom stereocenters. The number of halogens is 1. The first-order valence-electron chi connectivity index (χ1n) is 6.82. The van der Waals surface area contributed by atoms with E-state index in [0.29, 0.717) is 24.3 Å². The summed E-state index contributed by atoms with van der Waals surface area (Å²) >= 11 is 6.44. The van der Waals surface area contributed by atoms with Gasteiger partial charge in [0.05, 0.1) is 4.92 Å². The molecular formula is C12H15ClN2O4S2. The van der Waals surface area contributed by atoms with Crippen molar-refractivity contribution in [2.24, 2.45) is 17.8 Å². The first kappa shape index (κ1) is 15.2. The molecule has 116 valence electrons. The van der Waals surface area contributed by atoms with E-state index in [4.69, 9.17) is 11.6 Å². The lowest BCUT2D eigenvalue weighted by Gasteiger charge is -2.15. The van der Waals surface area contributed by atoms with Crippen LogP contribution in [-0.4, -0.2) is 19.9 Å². The third-order valence-electron chi connectivity index (χ3n) is 4.07. The number of nitrogens with one attached hydrogen (secondary N) is 1. The van der Waals surface area contributed by atoms with Gasteiger partial charge in [-0.15, -0.1) is 11.3 Å². The summed E-state index contributed by atoms with van der Waals surface area (Å²) in [5.41, 5.74) is -0.358. The van der Waals surface area contributed by atoms with E-state index < -0.39 is 14.9 Å². The molecule has 1 aromatic rings. The predicted molar refractivity (Wildman–Crippen MR) is 80.1 cm³/mol. The van der Waals surface area contributed by atoms with Crippen LogP contribution in [0.15, 0.2) is 10.3 Å². The molecule has 2 fully saturated rings. The lowest BCUT2D eigenvalue weighted by Crippen LogP contribution is -2.30. The van der Waals surface area contributed by atoms with Gasteiger partial charge < -0.3 is 0 Å². The van der Waals surface area contributed by atoms with Crippen LogP contribution in [0.1, 0.15) is 25.7 Å². The van der Waals surface area contributed by atoms with E-state index in [9.17, 15) is 18.5 Å². The summed E-state index contributed by atoms with van der Waals surface area (Å²) in [6.45, 7) is 0.418. The molecular weight excluding hydrogens is 336 g/mol. The zero-order valence-electron chi connectivity index (χ0n) is 11.1. The molecule has 0 saturated heterocycles. The van der Waals surface area contributed by atoms with E-state index in [1.165, 1.54) is 25.7 Å². The molecule has 21 heavy (non-hydrogen) atoms. The van der Waals surface area contributed by atoms with Crippen LogP contribution >= 0.6 is 22.9 Å². The Balaban J connectivity index is 1.71. The first-order valence-corrected chi connectivity index (χ1v) is 9.49. The lowest BCUT2D eigenvalue weighted by molar-refractivity contribution is -0.384. The fraction of sp³-hybridized carbons (Fsp3) is 0.667. The van der Waals surface area contributed by atoms with Gasteiger partial charge >= 0.3 is 0 Å². The topological polar surface area (TPSA) is 89.3 Å². The van der Waals surface area contributed by atoms with Crippen LogP contribution in [0.5, 0.6) is 0 Å². The highest BCUT2D eigenvalue weighted by atomic mass is 35.5. The van der Waals surface area contributed by atoms with Crippen molar-refractivity contribution in [1.82, 2.24) is 4.72 Å². The second-order valence-corrected chi connectivity index (χ2v) is 9.32. The van der Waals surface area contributed by atoms with Crippen LogP contribution in [0.2, 0.25) is 4.34 Å². The van der Waals surface area contributed by atoms with Gasteiger partial charge in [0, 0.05) is 12.6 Å². The molecule has 3 rings (SSSR count). The zero-order valence-corrected chi connectivity index (χ0v) is 13.5. The Labute approximate surface area is 131 Å². The Morgan fingerprint density at radius 1 is 1.38 bits per heavy atom. The average molecular weight is 351 g/mol. The van der Waals surface area contributed by atoms with Gasteiger partial charge in [-0.1, -0.05) is 11.6 Å². The highest BCUT2D eigenvalue weighted by Crippen LogP contribution is 2.49. The Morgan fingerprint density at radius 3 is 2.38 bits per heavy atom. The summed E-state index contributed by atoms with van der Waals surface area (Å²) in [6.07, 6.45) is 4.72. The molecule has 0 unspecified atom stereocenters. The number of nitro groups is 1. The normalized spacial score (nSPS) is 19.1. The largest absolute Gasteiger partial charge is 0.300 e. The minimum absolute atomic E-state index is 0.0930. The maximum Gasteiger partial charge on any atom is 0.300 e. The van der Waals surface area contributed by atoms with E-state index in [2.05, 4.69) is 4.72 Å². The van der Waals surface area contributed by atoms with Crippen molar-refractivity contribution in [3.05, 3.63) is 20.5 Å². The van der Waals surface area contributed by atoms with Crippen LogP contribution in [0, 0.1) is 27.9 Å². The quantitative estimate of drug-likeness (QED) is 0.604. The van der Waals surface area contributed by atoms with E-state index in [0.717, 1.165) is 17.4 Å². The Hall–Kier alpha value is -0.700. The summed E-state index contributed by atoms with van der Waals surface area (Å²) < 4.78 is 26.9. The van der Waals surface area contributed by atoms with Gasteiger partial charge in [-0.05, 0) is 43.4 Å². The van der Waals surface area contributed by atoms with E-state index in [1.54, 1.807) is 0 Å². The highest BCUT2D eigenvalue weighted by molar-refractivity contribution is 7.91. The predicted octanol–water partition coefficient (Wildman–Crippen LogP) is 3.02. The fourth-order valence-corrected chi connectivity index (χ4v) is 5.42. The standard InChI is InChI=1S/C12H15ClN2O4S2/c13-12-10(15(16)17)5-11(20-12)21(18,19)14-6-9(7-1-2-7)8-3-4-8/h5,7-9,14H,1-4,6H2. The lowest BCUT2D eigenvalue weighted by atomic mass is 9.99. The second-order valence-electron chi connectivity index (χ2n) is 5.67.